The Morgan fingerprint density at radius 2 is 2.67 bits per heavy atom. The summed E-state index contributed by atoms with van der Waals surface area (Å²) in [5, 5.41) is 4.47. The van der Waals surface area contributed by atoms with Crippen LogP contribution in [0.25, 0.3) is 0 Å². The van der Waals surface area contributed by atoms with Gasteiger partial charge in [0.15, 0.2) is 0 Å². The molecular formula is C7H13NS. The molecule has 1 unspecified atom stereocenters. The van der Waals surface area contributed by atoms with Gasteiger partial charge < -0.3 is 5.32 Å². The maximum Gasteiger partial charge on any atom is 0.0611 e. The van der Waals surface area contributed by atoms with Crippen LogP contribution in [0.4, 0.5) is 0 Å². The van der Waals surface area contributed by atoms with E-state index < -0.39 is 0 Å². The lowest BCUT2D eigenvalue weighted by Crippen LogP contribution is -2.21. The van der Waals surface area contributed by atoms with Crippen molar-refractivity contribution >= 4 is 11.8 Å². The summed E-state index contributed by atoms with van der Waals surface area (Å²) in [4.78, 5) is 0. The van der Waals surface area contributed by atoms with Crippen LogP contribution in [0.15, 0.2) is 11.6 Å². The number of nitrogens with one attached hydrogen (secondary N) is 1. The normalized spacial score (nSPS) is 26.3. The summed E-state index contributed by atoms with van der Waals surface area (Å²) in [5.74, 6) is 1.21. The molecule has 9 heavy (non-hydrogen) atoms. The van der Waals surface area contributed by atoms with Crippen LogP contribution < -0.4 is 5.32 Å². The zero-order valence-electron chi connectivity index (χ0n) is 5.81. The predicted molar refractivity (Wildman–Crippen MR) is 43.4 cm³/mol. The minimum atomic E-state index is 0.701. The quantitative estimate of drug-likeness (QED) is 0.634. The van der Waals surface area contributed by atoms with Gasteiger partial charge in [-0.2, -0.15) is 0 Å². The van der Waals surface area contributed by atoms with E-state index in [2.05, 4.69) is 18.8 Å². The fourth-order valence-corrected chi connectivity index (χ4v) is 1.92. The van der Waals surface area contributed by atoms with Gasteiger partial charge in [-0.25, -0.2) is 0 Å². The molecule has 1 N–H and O–H groups in total. The molecule has 1 nitrogen and oxygen atoms in total. The summed E-state index contributed by atoms with van der Waals surface area (Å²) >= 11 is 1.84. The van der Waals surface area contributed by atoms with Gasteiger partial charge in [-0.3, -0.25) is 0 Å². The van der Waals surface area contributed by atoms with Gasteiger partial charge in [-0.1, -0.05) is 19.9 Å². The third-order valence-corrected chi connectivity index (χ3v) is 2.50. The summed E-state index contributed by atoms with van der Waals surface area (Å²) < 4.78 is 0. The van der Waals surface area contributed by atoms with Crippen molar-refractivity contribution in [3.8, 4) is 0 Å². The number of rotatable bonds is 2. The molecule has 0 aromatic heterocycles. The molecule has 2 heteroatoms. The largest absolute Gasteiger partial charge is 0.377 e. The van der Waals surface area contributed by atoms with Crippen LogP contribution >= 0.6 is 11.8 Å². The van der Waals surface area contributed by atoms with Crippen LogP contribution in [0.2, 0.25) is 0 Å². The maximum atomic E-state index is 3.84. The lowest BCUT2D eigenvalue weighted by molar-refractivity contribution is 0.596. The molecule has 0 aliphatic carbocycles. The lowest BCUT2D eigenvalue weighted by atomic mass is 10.2. The zero-order valence-corrected chi connectivity index (χ0v) is 6.63. The van der Waals surface area contributed by atoms with Gasteiger partial charge in [0, 0.05) is 11.8 Å². The average Bonchev–Trinajstić information content (AvgIpc) is 2.17. The standard InChI is InChI=1S/C7H13NS/c1-3-4-7-5-9-6(2)8-7/h7-8H,2-5H2,1H3. The topological polar surface area (TPSA) is 12.0 Å². The van der Waals surface area contributed by atoms with Crippen molar-refractivity contribution in [1.29, 1.82) is 0 Å². The van der Waals surface area contributed by atoms with Crippen LogP contribution in [0.3, 0.4) is 0 Å². The number of hydrogen-bond acceptors (Lipinski definition) is 2. The number of thioether (sulfide) groups is 1. The fraction of sp³-hybridized carbons (Fsp3) is 0.714. The molecule has 0 aromatic carbocycles. The minimum absolute atomic E-state index is 0.701. The van der Waals surface area contributed by atoms with Gasteiger partial charge in [-0.05, 0) is 6.42 Å². The van der Waals surface area contributed by atoms with E-state index in [9.17, 15) is 0 Å². The summed E-state index contributed by atoms with van der Waals surface area (Å²) in [6.07, 6.45) is 2.55. The van der Waals surface area contributed by atoms with Crippen LogP contribution in [-0.4, -0.2) is 11.8 Å². The van der Waals surface area contributed by atoms with E-state index in [-0.39, 0.29) is 0 Å². The second kappa shape index (κ2) is 3.16. The molecular weight excluding hydrogens is 130 g/mol. The highest BCUT2D eigenvalue weighted by Gasteiger charge is 2.15. The van der Waals surface area contributed by atoms with E-state index in [0.29, 0.717) is 6.04 Å². The van der Waals surface area contributed by atoms with Crippen molar-refractivity contribution in [1.82, 2.24) is 5.32 Å². The number of hydrogen-bond donors (Lipinski definition) is 1. The van der Waals surface area contributed by atoms with Gasteiger partial charge in [0.1, 0.15) is 0 Å². The highest BCUT2D eigenvalue weighted by molar-refractivity contribution is 8.03. The molecule has 1 rings (SSSR count). The van der Waals surface area contributed by atoms with Crippen molar-refractivity contribution < 1.29 is 0 Å². The van der Waals surface area contributed by atoms with Crippen LogP contribution in [-0.2, 0) is 0 Å². The molecule has 1 saturated heterocycles. The van der Waals surface area contributed by atoms with E-state index in [4.69, 9.17) is 0 Å². The first-order valence-electron chi connectivity index (χ1n) is 3.41. The fourth-order valence-electron chi connectivity index (χ4n) is 1.02. The van der Waals surface area contributed by atoms with E-state index in [1.807, 2.05) is 11.8 Å². The first kappa shape index (κ1) is 7.00. The predicted octanol–water partition coefficient (Wildman–Crippen LogP) is 1.96. The Balaban J connectivity index is 2.22. The van der Waals surface area contributed by atoms with Gasteiger partial charge in [-0.15, -0.1) is 11.8 Å². The highest BCUT2D eigenvalue weighted by Crippen LogP contribution is 2.22. The second-order valence-corrected chi connectivity index (χ2v) is 3.48. The Kier molecular flexibility index (Phi) is 2.46. The maximum absolute atomic E-state index is 3.84. The zero-order chi connectivity index (χ0) is 6.69. The van der Waals surface area contributed by atoms with Crippen molar-refractivity contribution in [3.05, 3.63) is 11.6 Å². The lowest BCUT2D eigenvalue weighted by Gasteiger charge is -2.06. The van der Waals surface area contributed by atoms with Gasteiger partial charge in [0.05, 0.1) is 5.03 Å². The van der Waals surface area contributed by atoms with E-state index in [1.165, 1.54) is 18.6 Å². The smallest absolute Gasteiger partial charge is 0.0611 e. The Morgan fingerprint density at radius 1 is 1.89 bits per heavy atom. The molecule has 1 fully saturated rings. The average molecular weight is 143 g/mol. The molecule has 0 aromatic rings. The molecule has 1 aliphatic heterocycles. The monoisotopic (exact) mass is 143 g/mol. The third kappa shape index (κ3) is 1.94. The SMILES string of the molecule is C=C1NC(CCC)CS1. The van der Waals surface area contributed by atoms with Gasteiger partial charge in [0.2, 0.25) is 0 Å². The molecule has 0 radical (unpaired) electrons. The molecule has 1 heterocycles. The molecule has 1 aliphatic rings. The highest BCUT2D eigenvalue weighted by atomic mass is 32.2. The van der Waals surface area contributed by atoms with Crippen molar-refractivity contribution in [2.45, 2.75) is 25.8 Å². The summed E-state index contributed by atoms with van der Waals surface area (Å²) in [6, 6.07) is 0.701. The van der Waals surface area contributed by atoms with Crippen molar-refractivity contribution in [2.24, 2.45) is 0 Å². The molecule has 0 spiro atoms. The molecule has 0 saturated carbocycles. The minimum Gasteiger partial charge on any atom is -0.377 e. The summed E-state index contributed by atoms with van der Waals surface area (Å²) in [6.45, 7) is 6.05. The summed E-state index contributed by atoms with van der Waals surface area (Å²) in [7, 11) is 0. The Hall–Kier alpha value is -0.110. The second-order valence-electron chi connectivity index (χ2n) is 2.36. The first-order valence-corrected chi connectivity index (χ1v) is 4.39. The van der Waals surface area contributed by atoms with Gasteiger partial charge in [0.25, 0.3) is 0 Å². The van der Waals surface area contributed by atoms with E-state index >= 15 is 0 Å². The van der Waals surface area contributed by atoms with E-state index in [1.54, 1.807) is 0 Å². The van der Waals surface area contributed by atoms with Crippen molar-refractivity contribution in [3.63, 3.8) is 0 Å². The third-order valence-electron chi connectivity index (χ3n) is 1.46. The molecule has 0 amide bonds. The Bertz CT molecular complexity index is 111. The molecule has 0 bridgehead atoms. The summed E-state index contributed by atoms with van der Waals surface area (Å²) in [5.41, 5.74) is 0. The molecule has 52 valence electrons. The molecule has 1 atom stereocenters. The van der Waals surface area contributed by atoms with Crippen molar-refractivity contribution in [2.75, 3.05) is 5.75 Å². The van der Waals surface area contributed by atoms with Gasteiger partial charge >= 0.3 is 0 Å². The van der Waals surface area contributed by atoms with Crippen LogP contribution in [0.1, 0.15) is 19.8 Å². The van der Waals surface area contributed by atoms with Crippen LogP contribution in [0, 0.1) is 0 Å². The first-order chi connectivity index (χ1) is 4.33. The van der Waals surface area contributed by atoms with E-state index in [0.717, 1.165) is 5.03 Å². The van der Waals surface area contributed by atoms with Crippen LogP contribution in [0.5, 0.6) is 0 Å². The Labute approximate surface area is 60.9 Å². The Morgan fingerprint density at radius 3 is 3.11 bits per heavy atom.